The summed E-state index contributed by atoms with van der Waals surface area (Å²) in [5.74, 6) is -2.91. The zero-order valence-corrected chi connectivity index (χ0v) is 11.9. The molecule has 1 saturated heterocycles. The van der Waals surface area contributed by atoms with Crippen molar-refractivity contribution in [3.05, 3.63) is 35.4 Å². The number of nitrogens with zero attached hydrogens (tertiary/aromatic N) is 1. The van der Waals surface area contributed by atoms with Gasteiger partial charge in [-0.05, 0) is 18.1 Å². The van der Waals surface area contributed by atoms with Crippen LogP contribution >= 0.6 is 0 Å². The Bertz CT molecular complexity index is 648. The van der Waals surface area contributed by atoms with Gasteiger partial charge in [0, 0.05) is 31.5 Å². The predicted octanol–water partition coefficient (Wildman–Crippen LogP) is 1.66. The smallest absolute Gasteiger partial charge is 0.302 e. The fraction of sp³-hybridized carbons (Fsp3) is 0.462. The Kier molecular flexibility index (Phi) is 4.55. The van der Waals surface area contributed by atoms with Crippen molar-refractivity contribution >= 4 is 16.1 Å². The molecule has 0 N–H and O–H groups in total. The fourth-order valence-corrected chi connectivity index (χ4v) is 3.23. The molecule has 0 spiro atoms. The van der Waals surface area contributed by atoms with E-state index in [9.17, 15) is 25.9 Å². The van der Waals surface area contributed by atoms with Gasteiger partial charge in [-0.1, -0.05) is 6.07 Å². The maximum atomic E-state index is 13.4. The SMILES string of the molecule is O=C1CC(CS(=O)(=O)F)CN1CCc1ccc(F)cc1F. The number of hydrogen-bond donors (Lipinski definition) is 0. The molecule has 116 valence electrons. The van der Waals surface area contributed by atoms with E-state index in [4.69, 9.17) is 0 Å². The molecule has 0 aliphatic carbocycles. The minimum absolute atomic E-state index is 0.0327. The van der Waals surface area contributed by atoms with E-state index in [0.717, 1.165) is 12.1 Å². The number of carbonyl (C=O) groups is 1. The normalized spacial score (nSPS) is 19.3. The van der Waals surface area contributed by atoms with Crippen LogP contribution in [-0.2, 0) is 21.4 Å². The second kappa shape index (κ2) is 6.05. The van der Waals surface area contributed by atoms with E-state index < -0.39 is 33.5 Å². The Morgan fingerprint density at radius 2 is 2.00 bits per heavy atom. The van der Waals surface area contributed by atoms with Gasteiger partial charge in [0.1, 0.15) is 11.6 Å². The molecule has 21 heavy (non-hydrogen) atoms. The number of rotatable bonds is 5. The number of benzene rings is 1. The number of amides is 1. The van der Waals surface area contributed by atoms with Crippen molar-refractivity contribution in [1.29, 1.82) is 0 Å². The van der Waals surface area contributed by atoms with Crippen molar-refractivity contribution in [2.24, 2.45) is 5.92 Å². The van der Waals surface area contributed by atoms with E-state index >= 15 is 0 Å². The molecule has 1 unspecified atom stereocenters. The van der Waals surface area contributed by atoms with Gasteiger partial charge in [-0.15, -0.1) is 3.89 Å². The first-order valence-electron chi connectivity index (χ1n) is 6.38. The summed E-state index contributed by atoms with van der Waals surface area (Å²) in [7, 11) is -4.61. The van der Waals surface area contributed by atoms with Gasteiger partial charge in [0.05, 0.1) is 5.75 Å². The summed E-state index contributed by atoms with van der Waals surface area (Å²) in [6, 6.07) is 3.19. The summed E-state index contributed by atoms with van der Waals surface area (Å²) in [4.78, 5) is 13.1. The maximum absolute atomic E-state index is 13.4. The molecule has 8 heteroatoms. The highest BCUT2D eigenvalue weighted by Gasteiger charge is 2.32. The summed E-state index contributed by atoms with van der Waals surface area (Å²) in [5.41, 5.74) is 0.269. The first-order chi connectivity index (χ1) is 9.74. The lowest BCUT2D eigenvalue weighted by Crippen LogP contribution is -2.28. The third-order valence-corrected chi connectivity index (χ3v) is 4.27. The Morgan fingerprint density at radius 3 is 2.62 bits per heavy atom. The second-order valence-corrected chi connectivity index (χ2v) is 6.51. The van der Waals surface area contributed by atoms with Crippen molar-refractivity contribution in [2.75, 3.05) is 18.8 Å². The van der Waals surface area contributed by atoms with Crippen molar-refractivity contribution in [3.8, 4) is 0 Å². The molecule has 1 heterocycles. The fourth-order valence-electron chi connectivity index (χ4n) is 2.44. The lowest BCUT2D eigenvalue weighted by Gasteiger charge is -2.16. The van der Waals surface area contributed by atoms with Crippen molar-refractivity contribution in [2.45, 2.75) is 12.8 Å². The maximum Gasteiger partial charge on any atom is 0.302 e. The quantitative estimate of drug-likeness (QED) is 0.775. The van der Waals surface area contributed by atoms with Crippen LogP contribution in [0.2, 0.25) is 0 Å². The van der Waals surface area contributed by atoms with Crippen LogP contribution in [-0.4, -0.2) is 38.1 Å². The van der Waals surface area contributed by atoms with Gasteiger partial charge < -0.3 is 4.90 Å². The zero-order chi connectivity index (χ0) is 15.6. The van der Waals surface area contributed by atoms with Gasteiger partial charge in [-0.3, -0.25) is 4.79 Å². The zero-order valence-electron chi connectivity index (χ0n) is 11.1. The Labute approximate surface area is 120 Å². The molecule has 0 radical (unpaired) electrons. The molecule has 1 aliphatic rings. The largest absolute Gasteiger partial charge is 0.342 e. The third kappa shape index (κ3) is 4.45. The van der Waals surface area contributed by atoms with Crippen LogP contribution in [0.15, 0.2) is 18.2 Å². The van der Waals surface area contributed by atoms with E-state index in [1.807, 2.05) is 0 Å². The highest BCUT2D eigenvalue weighted by Crippen LogP contribution is 2.21. The van der Waals surface area contributed by atoms with Crippen LogP contribution < -0.4 is 0 Å². The van der Waals surface area contributed by atoms with Crippen LogP contribution in [0.25, 0.3) is 0 Å². The molecule has 1 atom stereocenters. The minimum Gasteiger partial charge on any atom is -0.342 e. The monoisotopic (exact) mass is 321 g/mol. The van der Waals surface area contributed by atoms with Gasteiger partial charge in [0.25, 0.3) is 0 Å². The molecule has 1 aromatic carbocycles. The van der Waals surface area contributed by atoms with E-state index in [1.54, 1.807) is 0 Å². The lowest BCUT2D eigenvalue weighted by molar-refractivity contribution is -0.127. The molecule has 0 aromatic heterocycles. The molecular formula is C13H14F3NO3S. The summed E-state index contributed by atoms with van der Waals surface area (Å²) in [6.07, 6.45) is 0.155. The summed E-state index contributed by atoms with van der Waals surface area (Å²) in [6.45, 7) is 0.315. The standard InChI is InChI=1S/C13H14F3NO3S/c14-11-2-1-10(12(15)6-11)3-4-17-7-9(5-13(17)18)8-21(16,19)20/h1-2,6,9H,3-5,7-8H2. The molecule has 1 amide bonds. The summed E-state index contributed by atoms with van der Waals surface area (Å²) < 4.78 is 60.0. The van der Waals surface area contributed by atoms with E-state index in [1.165, 1.54) is 11.0 Å². The predicted molar refractivity (Wildman–Crippen MR) is 69.6 cm³/mol. The van der Waals surface area contributed by atoms with Crippen LogP contribution in [0.3, 0.4) is 0 Å². The van der Waals surface area contributed by atoms with E-state index in [0.29, 0.717) is 0 Å². The Balaban J connectivity index is 1.93. The first kappa shape index (κ1) is 15.8. The van der Waals surface area contributed by atoms with Gasteiger partial charge >= 0.3 is 10.2 Å². The van der Waals surface area contributed by atoms with Crippen molar-refractivity contribution in [1.82, 2.24) is 4.90 Å². The van der Waals surface area contributed by atoms with Crippen LogP contribution in [0.1, 0.15) is 12.0 Å². The Hall–Kier alpha value is -1.57. The highest BCUT2D eigenvalue weighted by molar-refractivity contribution is 7.86. The molecule has 1 fully saturated rings. The van der Waals surface area contributed by atoms with Gasteiger partial charge in [0.15, 0.2) is 0 Å². The number of likely N-dealkylation sites (tertiary alicyclic amines) is 1. The van der Waals surface area contributed by atoms with Crippen LogP contribution in [0.5, 0.6) is 0 Å². The molecule has 4 nitrogen and oxygen atoms in total. The molecule has 0 saturated carbocycles. The van der Waals surface area contributed by atoms with Crippen molar-refractivity contribution in [3.63, 3.8) is 0 Å². The van der Waals surface area contributed by atoms with Gasteiger partial charge in [-0.2, -0.15) is 8.42 Å². The number of carbonyl (C=O) groups excluding carboxylic acids is 1. The first-order valence-corrected chi connectivity index (χ1v) is 7.94. The molecule has 2 rings (SSSR count). The number of hydrogen-bond acceptors (Lipinski definition) is 3. The summed E-state index contributed by atoms with van der Waals surface area (Å²) >= 11 is 0. The van der Waals surface area contributed by atoms with Crippen LogP contribution in [0, 0.1) is 17.6 Å². The average Bonchev–Trinajstić information content (AvgIpc) is 2.66. The molecular weight excluding hydrogens is 307 g/mol. The van der Waals surface area contributed by atoms with Gasteiger partial charge in [0.2, 0.25) is 5.91 Å². The number of halogens is 3. The molecule has 1 aliphatic heterocycles. The van der Waals surface area contributed by atoms with Crippen molar-refractivity contribution < 1.29 is 25.9 Å². The second-order valence-electron chi connectivity index (χ2n) is 5.10. The van der Waals surface area contributed by atoms with E-state index in [-0.39, 0.29) is 37.4 Å². The lowest BCUT2D eigenvalue weighted by atomic mass is 10.1. The molecule has 1 aromatic rings. The van der Waals surface area contributed by atoms with Gasteiger partial charge in [-0.25, -0.2) is 8.78 Å². The average molecular weight is 321 g/mol. The highest BCUT2D eigenvalue weighted by atomic mass is 32.3. The van der Waals surface area contributed by atoms with E-state index in [2.05, 4.69) is 0 Å². The topological polar surface area (TPSA) is 54.5 Å². The summed E-state index contributed by atoms with van der Waals surface area (Å²) in [5, 5.41) is 0. The minimum atomic E-state index is -4.61. The Morgan fingerprint density at radius 1 is 1.29 bits per heavy atom. The molecule has 0 bridgehead atoms. The van der Waals surface area contributed by atoms with Crippen LogP contribution in [0.4, 0.5) is 12.7 Å². The third-order valence-electron chi connectivity index (χ3n) is 3.40.